The van der Waals surface area contributed by atoms with Crippen LogP contribution in [0.1, 0.15) is 23.2 Å². The van der Waals surface area contributed by atoms with E-state index in [0.29, 0.717) is 36.6 Å². The van der Waals surface area contributed by atoms with E-state index in [0.717, 1.165) is 29.4 Å². The monoisotopic (exact) mass is 559 g/mol. The highest BCUT2D eigenvalue weighted by molar-refractivity contribution is 14.0. The summed E-state index contributed by atoms with van der Waals surface area (Å²) in [6.45, 7) is 1.35. The molecule has 0 unspecified atom stereocenters. The van der Waals surface area contributed by atoms with Crippen LogP contribution in [0.5, 0.6) is 5.75 Å². The highest BCUT2D eigenvalue weighted by atomic mass is 127. The smallest absolute Gasteiger partial charge is 0.193 e. The van der Waals surface area contributed by atoms with Crippen LogP contribution in [-0.4, -0.2) is 48.4 Å². The molecule has 0 saturated heterocycles. The van der Waals surface area contributed by atoms with Gasteiger partial charge in [0.25, 0.3) is 0 Å². The highest BCUT2D eigenvalue weighted by Gasteiger charge is 2.16. The first-order valence-electron chi connectivity index (χ1n) is 10.5. The lowest BCUT2D eigenvalue weighted by atomic mass is 10.1. The fourth-order valence-electron chi connectivity index (χ4n) is 3.55. The lowest BCUT2D eigenvalue weighted by molar-refractivity contribution is 0.396. The van der Waals surface area contributed by atoms with E-state index in [4.69, 9.17) is 10.5 Å². The largest absolute Gasteiger partial charge is 0.496 e. The van der Waals surface area contributed by atoms with Gasteiger partial charge in [-0.25, -0.2) is 4.68 Å². The number of anilines is 1. The van der Waals surface area contributed by atoms with Gasteiger partial charge >= 0.3 is 0 Å². The molecule has 0 atom stereocenters. The summed E-state index contributed by atoms with van der Waals surface area (Å²) in [5.74, 6) is 2.00. The second-order valence-corrected chi connectivity index (χ2v) is 7.31. The number of hydrogen-bond donors (Lipinski definition) is 2. The Balaban J connectivity index is 0.00000385. The molecule has 2 aromatic carbocycles. The Bertz CT molecular complexity index is 1110. The predicted molar refractivity (Wildman–Crippen MR) is 142 cm³/mol. The lowest BCUT2D eigenvalue weighted by Crippen LogP contribution is -2.39. The fourth-order valence-corrected chi connectivity index (χ4v) is 3.55. The Morgan fingerprint density at radius 2 is 1.91 bits per heavy atom. The first-order chi connectivity index (χ1) is 15.6. The number of nitrogens with one attached hydrogen (secondary N) is 1. The SMILES string of the molecule is CN=C(NCCCc1nn(-c2ccccc2)c(N)c1C#N)N(C)Cc1ccccc1OC.I. The number of nitriles is 1. The summed E-state index contributed by atoms with van der Waals surface area (Å²) in [6, 6.07) is 19.7. The van der Waals surface area contributed by atoms with Crippen LogP contribution >= 0.6 is 24.0 Å². The number of nitrogen functional groups attached to an aromatic ring is 1. The van der Waals surface area contributed by atoms with E-state index < -0.39 is 0 Å². The maximum absolute atomic E-state index is 9.56. The third kappa shape index (κ3) is 6.38. The van der Waals surface area contributed by atoms with Gasteiger partial charge in [-0.3, -0.25) is 4.99 Å². The van der Waals surface area contributed by atoms with Crippen LogP contribution in [0.25, 0.3) is 5.69 Å². The summed E-state index contributed by atoms with van der Waals surface area (Å²) in [5.41, 5.74) is 9.24. The van der Waals surface area contributed by atoms with E-state index in [1.165, 1.54) is 0 Å². The summed E-state index contributed by atoms with van der Waals surface area (Å²) in [6.07, 6.45) is 1.41. The van der Waals surface area contributed by atoms with Gasteiger partial charge in [0, 0.05) is 32.7 Å². The molecule has 0 fully saturated rings. The Morgan fingerprint density at radius 1 is 1.21 bits per heavy atom. The van der Waals surface area contributed by atoms with Crippen molar-refractivity contribution in [2.45, 2.75) is 19.4 Å². The zero-order valence-corrected chi connectivity index (χ0v) is 21.5. The molecule has 174 valence electrons. The number of hydrogen-bond acceptors (Lipinski definition) is 5. The molecule has 0 aliphatic carbocycles. The molecule has 8 nitrogen and oxygen atoms in total. The number of ether oxygens (including phenoxy) is 1. The van der Waals surface area contributed by atoms with Crippen molar-refractivity contribution in [1.29, 1.82) is 5.26 Å². The quantitative estimate of drug-likeness (QED) is 0.189. The molecular weight excluding hydrogens is 529 g/mol. The molecular formula is C24H30IN7O. The van der Waals surface area contributed by atoms with Crippen LogP contribution < -0.4 is 15.8 Å². The van der Waals surface area contributed by atoms with Gasteiger partial charge in [-0.15, -0.1) is 24.0 Å². The van der Waals surface area contributed by atoms with Crippen LogP contribution in [-0.2, 0) is 13.0 Å². The zero-order valence-electron chi connectivity index (χ0n) is 19.2. The third-order valence-corrected chi connectivity index (χ3v) is 5.15. The highest BCUT2D eigenvalue weighted by Crippen LogP contribution is 2.21. The minimum absolute atomic E-state index is 0. The summed E-state index contributed by atoms with van der Waals surface area (Å²) < 4.78 is 7.07. The van der Waals surface area contributed by atoms with E-state index >= 15 is 0 Å². The van der Waals surface area contributed by atoms with Crippen molar-refractivity contribution in [2.75, 3.05) is 33.5 Å². The Morgan fingerprint density at radius 3 is 2.58 bits per heavy atom. The van der Waals surface area contributed by atoms with Crippen molar-refractivity contribution in [3.8, 4) is 17.5 Å². The maximum Gasteiger partial charge on any atom is 0.193 e. The standard InChI is InChI=1S/C24H29N7O.HI/c1-27-24(30(2)17-18-10-7-8-14-22(18)32-3)28-15-9-13-21-20(16-25)23(26)31(29-21)19-11-5-4-6-12-19;/h4-8,10-12,14H,9,13,15,17,26H2,1-3H3,(H,27,28);1H. The topological polar surface area (TPSA) is 104 Å². The Kier molecular flexibility index (Phi) is 10.00. The predicted octanol–water partition coefficient (Wildman–Crippen LogP) is 3.59. The number of para-hydroxylation sites is 2. The van der Waals surface area contributed by atoms with Gasteiger partial charge in [0.2, 0.25) is 0 Å². The van der Waals surface area contributed by atoms with Crippen molar-refractivity contribution in [2.24, 2.45) is 4.99 Å². The molecule has 0 bridgehead atoms. The maximum atomic E-state index is 9.56. The van der Waals surface area contributed by atoms with E-state index in [1.807, 2.05) is 66.5 Å². The summed E-state index contributed by atoms with van der Waals surface area (Å²) >= 11 is 0. The van der Waals surface area contributed by atoms with E-state index in [9.17, 15) is 5.26 Å². The molecule has 0 spiro atoms. The van der Waals surface area contributed by atoms with Crippen LogP contribution in [0.15, 0.2) is 59.6 Å². The average Bonchev–Trinajstić information content (AvgIpc) is 3.15. The van der Waals surface area contributed by atoms with Gasteiger partial charge in [-0.2, -0.15) is 10.4 Å². The molecule has 1 heterocycles. The van der Waals surface area contributed by atoms with Gasteiger partial charge in [0.15, 0.2) is 5.96 Å². The van der Waals surface area contributed by atoms with Crippen molar-refractivity contribution < 1.29 is 4.74 Å². The minimum Gasteiger partial charge on any atom is -0.496 e. The average molecular weight is 559 g/mol. The number of aryl methyl sites for hydroxylation is 1. The van der Waals surface area contributed by atoms with Crippen molar-refractivity contribution in [3.63, 3.8) is 0 Å². The number of rotatable bonds is 8. The number of aromatic nitrogens is 2. The molecule has 3 aromatic rings. The van der Waals surface area contributed by atoms with Gasteiger partial charge in [-0.05, 0) is 31.0 Å². The molecule has 0 aliphatic heterocycles. The first kappa shape index (κ1) is 26.0. The van der Waals surface area contributed by atoms with Crippen LogP contribution in [0.3, 0.4) is 0 Å². The molecule has 9 heteroatoms. The number of benzene rings is 2. The number of aliphatic imine (C=N–C) groups is 1. The number of halogens is 1. The third-order valence-electron chi connectivity index (χ3n) is 5.15. The molecule has 3 N–H and O–H groups in total. The summed E-state index contributed by atoms with van der Waals surface area (Å²) in [5, 5.41) is 17.5. The Hall–Kier alpha value is -3.26. The van der Waals surface area contributed by atoms with Gasteiger partial charge in [-0.1, -0.05) is 36.4 Å². The lowest BCUT2D eigenvalue weighted by Gasteiger charge is -2.23. The molecule has 1 aromatic heterocycles. The second-order valence-electron chi connectivity index (χ2n) is 7.31. The zero-order chi connectivity index (χ0) is 22.9. The van der Waals surface area contributed by atoms with Crippen LogP contribution in [0.2, 0.25) is 0 Å². The molecule has 0 amide bonds. The number of guanidine groups is 1. The molecule has 0 aliphatic rings. The second kappa shape index (κ2) is 12.7. The van der Waals surface area contributed by atoms with E-state index in [1.54, 1.807) is 18.8 Å². The van der Waals surface area contributed by atoms with Gasteiger partial charge in [0.05, 0.1) is 18.5 Å². The van der Waals surface area contributed by atoms with Crippen molar-refractivity contribution in [3.05, 3.63) is 71.4 Å². The van der Waals surface area contributed by atoms with E-state index in [-0.39, 0.29) is 24.0 Å². The van der Waals surface area contributed by atoms with Crippen molar-refractivity contribution in [1.82, 2.24) is 20.0 Å². The fraction of sp³-hybridized carbons (Fsp3) is 0.292. The van der Waals surface area contributed by atoms with Crippen molar-refractivity contribution >= 4 is 35.8 Å². The van der Waals surface area contributed by atoms with E-state index in [2.05, 4.69) is 21.5 Å². The molecule has 0 saturated carbocycles. The van der Waals surface area contributed by atoms with Crippen LogP contribution in [0, 0.1) is 11.3 Å². The number of methoxy groups -OCH3 is 1. The van der Waals surface area contributed by atoms with Crippen LogP contribution in [0.4, 0.5) is 5.82 Å². The first-order valence-corrected chi connectivity index (χ1v) is 10.5. The number of nitrogens with zero attached hydrogens (tertiary/aromatic N) is 5. The minimum atomic E-state index is 0. The molecule has 33 heavy (non-hydrogen) atoms. The summed E-state index contributed by atoms with van der Waals surface area (Å²) in [7, 11) is 5.42. The van der Waals surface area contributed by atoms with Gasteiger partial charge < -0.3 is 20.7 Å². The normalized spacial score (nSPS) is 10.8. The molecule has 0 radical (unpaired) electrons. The molecule has 3 rings (SSSR count). The Labute approximate surface area is 212 Å². The van der Waals surface area contributed by atoms with Gasteiger partial charge in [0.1, 0.15) is 23.2 Å². The number of nitrogens with two attached hydrogens (primary N) is 1. The summed E-state index contributed by atoms with van der Waals surface area (Å²) in [4.78, 5) is 6.42.